The maximum absolute atomic E-state index is 12.3. The highest BCUT2D eigenvalue weighted by atomic mass is 16.5. The maximum Gasteiger partial charge on any atom is 0.319 e. The van der Waals surface area contributed by atoms with Gasteiger partial charge >= 0.3 is 11.9 Å². The SMILES string of the molecule is CCCN(CCC)C(=O)CN(CC(=O)OC)CC(=O)OC. The van der Waals surface area contributed by atoms with Crippen molar-refractivity contribution in [3.63, 3.8) is 0 Å². The molecule has 7 nitrogen and oxygen atoms in total. The van der Waals surface area contributed by atoms with Gasteiger partial charge in [-0.05, 0) is 12.8 Å². The molecule has 0 saturated carbocycles. The molecule has 0 saturated heterocycles. The largest absolute Gasteiger partial charge is 0.468 e. The Balaban J connectivity index is 4.70. The Bertz CT molecular complexity index is 322. The Labute approximate surface area is 126 Å². The van der Waals surface area contributed by atoms with Crippen LogP contribution in [0.3, 0.4) is 0 Å². The Kier molecular flexibility index (Phi) is 10.2. The minimum atomic E-state index is -0.496. The lowest BCUT2D eigenvalue weighted by atomic mass is 10.3. The van der Waals surface area contributed by atoms with Gasteiger partial charge in [0.2, 0.25) is 5.91 Å². The first-order valence-electron chi connectivity index (χ1n) is 7.12. The second kappa shape index (κ2) is 11.1. The zero-order valence-corrected chi connectivity index (χ0v) is 13.4. The van der Waals surface area contributed by atoms with Gasteiger partial charge in [-0.3, -0.25) is 19.3 Å². The van der Waals surface area contributed by atoms with Crippen molar-refractivity contribution in [2.24, 2.45) is 0 Å². The molecule has 0 unspecified atom stereocenters. The summed E-state index contributed by atoms with van der Waals surface area (Å²) in [7, 11) is 2.53. The van der Waals surface area contributed by atoms with Crippen molar-refractivity contribution < 1.29 is 23.9 Å². The maximum atomic E-state index is 12.3. The van der Waals surface area contributed by atoms with Crippen molar-refractivity contribution in [1.29, 1.82) is 0 Å². The van der Waals surface area contributed by atoms with Crippen LogP contribution < -0.4 is 0 Å². The Morgan fingerprint density at radius 3 is 1.57 bits per heavy atom. The number of methoxy groups -OCH3 is 2. The molecule has 21 heavy (non-hydrogen) atoms. The monoisotopic (exact) mass is 302 g/mol. The number of nitrogens with zero attached hydrogens (tertiary/aromatic N) is 2. The minimum Gasteiger partial charge on any atom is -0.468 e. The van der Waals surface area contributed by atoms with E-state index in [2.05, 4.69) is 9.47 Å². The third kappa shape index (κ3) is 8.29. The molecule has 0 aliphatic carbocycles. The van der Waals surface area contributed by atoms with Gasteiger partial charge < -0.3 is 14.4 Å². The molecule has 0 atom stereocenters. The molecule has 7 heteroatoms. The van der Waals surface area contributed by atoms with E-state index in [0.717, 1.165) is 12.8 Å². The summed E-state index contributed by atoms with van der Waals surface area (Å²) in [5, 5.41) is 0. The number of rotatable bonds is 10. The quantitative estimate of drug-likeness (QED) is 0.540. The van der Waals surface area contributed by atoms with E-state index >= 15 is 0 Å². The first-order valence-corrected chi connectivity index (χ1v) is 7.12. The van der Waals surface area contributed by atoms with Crippen LogP contribution in [0.1, 0.15) is 26.7 Å². The third-order valence-electron chi connectivity index (χ3n) is 2.86. The number of carbonyl (C=O) groups is 3. The summed E-state index contributed by atoms with van der Waals surface area (Å²) in [5.41, 5.74) is 0. The summed E-state index contributed by atoms with van der Waals surface area (Å²) in [5.74, 6) is -1.10. The standard InChI is InChI=1S/C14H26N2O5/c1-5-7-16(8-6-2)12(17)9-15(10-13(18)20-3)11-14(19)21-4/h5-11H2,1-4H3. The van der Waals surface area contributed by atoms with E-state index in [0.29, 0.717) is 13.1 Å². The smallest absolute Gasteiger partial charge is 0.319 e. The van der Waals surface area contributed by atoms with E-state index in [1.165, 1.54) is 19.1 Å². The van der Waals surface area contributed by atoms with Crippen molar-refractivity contribution in [1.82, 2.24) is 9.80 Å². The molecule has 0 radical (unpaired) electrons. The fourth-order valence-corrected chi connectivity index (χ4v) is 1.85. The van der Waals surface area contributed by atoms with Gasteiger partial charge in [0.05, 0.1) is 33.9 Å². The van der Waals surface area contributed by atoms with Crippen LogP contribution in [0.2, 0.25) is 0 Å². The van der Waals surface area contributed by atoms with Crippen LogP contribution >= 0.6 is 0 Å². The predicted octanol–water partition coefficient (Wildman–Crippen LogP) is 0.283. The lowest BCUT2D eigenvalue weighted by molar-refractivity contribution is -0.146. The van der Waals surface area contributed by atoms with Crippen LogP contribution in [0.15, 0.2) is 0 Å². The highest BCUT2D eigenvalue weighted by Crippen LogP contribution is 1.99. The Morgan fingerprint density at radius 1 is 0.810 bits per heavy atom. The fraction of sp³-hybridized carbons (Fsp3) is 0.786. The molecule has 0 aromatic heterocycles. The summed E-state index contributed by atoms with van der Waals surface area (Å²) < 4.78 is 9.15. The van der Waals surface area contributed by atoms with Gasteiger partial charge in [-0.25, -0.2) is 0 Å². The molecule has 0 rings (SSSR count). The fourth-order valence-electron chi connectivity index (χ4n) is 1.85. The summed E-state index contributed by atoms with van der Waals surface area (Å²) in [6, 6.07) is 0. The van der Waals surface area contributed by atoms with Crippen molar-refractivity contribution in [3.05, 3.63) is 0 Å². The van der Waals surface area contributed by atoms with E-state index in [9.17, 15) is 14.4 Å². The summed E-state index contributed by atoms with van der Waals surface area (Å²) in [4.78, 5) is 38.1. The first-order chi connectivity index (χ1) is 9.98. The second-order valence-corrected chi connectivity index (χ2v) is 4.68. The molecular formula is C14H26N2O5. The number of hydrogen-bond acceptors (Lipinski definition) is 6. The molecule has 0 aliphatic heterocycles. The van der Waals surface area contributed by atoms with Gasteiger partial charge in [-0.1, -0.05) is 13.8 Å². The van der Waals surface area contributed by atoms with Crippen LogP contribution in [0.4, 0.5) is 0 Å². The second-order valence-electron chi connectivity index (χ2n) is 4.68. The molecule has 0 aromatic carbocycles. The molecule has 1 amide bonds. The lowest BCUT2D eigenvalue weighted by Gasteiger charge is -2.25. The highest BCUT2D eigenvalue weighted by molar-refractivity contribution is 5.81. The van der Waals surface area contributed by atoms with Crippen molar-refractivity contribution in [3.8, 4) is 0 Å². The van der Waals surface area contributed by atoms with E-state index in [4.69, 9.17) is 0 Å². The summed E-state index contributed by atoms with van der Waals surface area (Å²) in [6.07, 6.45) is 1.72. The van der Waals surface area contributed by atoms with Gasteiger partial charge in [-0.15, -0.1) is 0 Å². The molecule has 0 spiro atoms. The zero-order chi connectivity index (χ0) is 16.3. The molecule has 0 fully saturated rings. The Morgan fingerprint density at radius 2 is 1.24 bits per heavy atom. The van der Waals surface area contributed by atoms with Crippen LogP contribution in [-0.2, 0) is 23.9 Å². The van der Waals surface area contributed by atoms with Crippen molar-refractivity contribution >= 4 is 17.8 Å². The van der Waals surface area contributed by atoms with E-state index < -0.39 is 11.9 Å². The van der Waals surface area contributed by atoms with Crippen LogP contribution in [0, 0.1) is 0 Å². The first kappa shape index (κ1) is 19.4. The molecule has 0 bridgehead atoms. The van der Waals surface area contributed by atoms with Gasteiger partial charge in [0, 0.05) is 13.1 Å². The summed E-state index contributed by atoms with van der Waals surface area (Å²) in [6.45, 7) is 5.07. The number of carbonyl (C=O) groups excluding carboxylic acids is 3. The van der Waals surface area contributed by atoms with Crippen LogP contribution in [0.5, 0.6) is 0 Å². The molecule has 0 heterocycles. The van der Waals surface area contributed by atoms with Crippen molar-refractivity contribution in [2.45, 2.75) is 26.7 Å². The topological polar surface area (TPSA) is 76.2 Å². The number of esters is 2. The molecular weight excluding hydrogens is 276 g/mol. The molecule has 0 aromatic rings. The number of amides is 1. The average molecular weight is 302 g/mol. The normalized spacial score (nSPS) is 10.3. The number of ether oxygens (including phenoxy) is 2. The predicted molar refractivity (Wildman–Crippen MR) is 77.6 cm³/mol. The van der Waals surface area contributed by atoms with Crippen LogP contribution in [0.25, 0.3) is 0 Å². The van der Waals surface area contributed by atoms with Gasteiger partial charge in [0.25, 0.3) is 0 Å². The van der Waals surface area contributed by atoms with Crippen LogP contribution in [-0.4, -0.2) is 74.6 Å². The molecule has 0 aliphatic rings. The van der Waals surface area contributed by atoms with Gasteiger partial charge in [0.1, 0.15) is 0 Å². The van der Waals surface area contributed by atoms with Gasteiger partial charge in [-0.2, -0.15) is 0 Å². The lowest BCUT2D eigenvalue weighted by Crippen LogP contribution is -2.45. The highest BCUT2D eigenvalue weighted by Gasteiger charge is 2.21. The van der Waals surface area contributed by atoms with E-state index in [1.807, 2.05) is 13.8 Å². The average Bonchev–Trinajstić information content (AvgIpc) is 2.46. The third-order valence-corrected chi connectivity index (χ3v) is 2.86. The summed E-state index contributed by atoms with van der Waals surface area (Å²) >= 11 is 0. The molecule has 122 valence electrons. The van der Waals surface area contributed by atoms with E-state index in [-0.39, 0.29) is 25.5 Å². The zero-order valence-electron chi connectivity index (χ0n) is 13.4. The minimum absolute atomic E-state index is 0.00972. The number of hydrogen-bond donors (Lipinski definition) is 0. The molecule has 0 N–H and O–H groups in total. The van der Waals surface area contributed by atoms with Gasteiger partial charge in [0.15, 0.2) is 0 Å². The Hall–Kier alpha value is -1.63. The van der Waals surface area contributed by atoms with E-state index in [1.54, 1.807) is 4.90 Å². The van der Waals surface area contributed by atoms with Crippen molar-refractivity contribution in [2.75, 3.05) is 46.9 Å².